The number of methoxy groups -OCH3 is 1. The molecule has 1 saturated carbocycles. The third-order valence-corrected chi connectivity index (χ3v) is 4.64. The van der Waals surface area contributed by atoms with Crippen LogP contribution >= 0.6 is 0 Å². The number of carboxylic acids is 1. The van der Waals surface area contributed by atoms with Gasteiger partial charge in [0.2, 0.25) is 5.91 Å². The number of hydrogen-bond acceptors (Lipinski definition) is 4. The molecule has 23 heavy (non-hydrogen) atoms. The number of carbonyl (C=O) groups excluding carboxylic acids is 2. The van der Waals surface area contributed by atoms with Crippen LogP contribution in [-0.2, 0) is 14.3 Å². The van der Waals surface area contributed by atoms with Crippen LogP contribution in [0.2, 0.25) is 0 Å². The van der Waals surface area contributed by atoms with E-state index in [1.807, 2.05) is 12.2 Å². The van der Waals surface area contributed by atoms with Crippen molar-refractivity contribution >= 4 is 23.5 Å². The summed E-state index contributed by atoms with van der Waals surface area (Å²) in [5.41, 5.74) is 0.578. The van der Waals surface area contributed by atoms with Crippen molar-refractivity contribution in [3.63, 3.8) is 0 Å². The third kappa shape index (κ3) is 2.60. The topological polar surface area (TPSA) is 92.7 Å². The predicted octanol–water partition coefficient (Wildman–Crippen LogP) is 1.93. The van der Waals surface area contributed by atoms with Crippen LogP contribution in [0.4, 0.5) is 5.69 Å². The maximum absolute atomic E-state index is 12.6. The number of aliphatic carboxylic acids is 1. The fourth-order valence-electron chi connectivity index (χ4n) is 3.61. The highest BCUT2D eigenvalue weighted by Crippen LogP contribution is 2.48. The first-order valence-corrected chi connectivity index (χ1v) is 7.42. The smallest absolute Gasteiger partial charge is 0.339 e. The number of benzene rings is 1. The van der Waals surface area contributed by atoms with E-state index in [1.165, 1.54) is 7.11 Å². The molecule has 0 radical (unpaired) electrons. The molecule has 0 aliphatic heterocycles. The van der Waals surface area contributed by atoms with Gasteiger partial charge in [-0.2, -0.15) is 0 Å². The number of esters is 1. The summed E-state index contributed by atoms with van der Waals surface area (Å²) in [6.45, 7) is 0. The first-order chi connectivity index (χ1) is 11.0. The molecule has 2 aliphatic carbocycles. The number of rotatable bonds is 4. The summed E-state index contributed by atoms with van der Waals surface area (Å²) in [4.78, 5) is 35.9. The number of allylic oxidation sites excluding steroid dienone is 2. The fourth-order valence-corrected chi connectivity index (χ4v) is 3.61. The molecule has 2 N–H and O–H groups in total. The van der Waals surface area contributed by atoms with Gasteiger partial charge in [-0.15, -0.1) is 0 Å². The minimum atomic E-state index is -0.955. The summed E-state index contributed by atoms with van der Waals surface area (Å²) in [5.74, 6) is -3.36. The number of carbonyl (C=O) groups is 3. The highest BCUT2D eigenvalue weighted by atomic mass is 16.5. The average Bonchev–Trinajstić information content (AvgIpc) is 3.15. The van der Waals surface area contributed by atoms with E-state index >= 15 is 0 Å². The van der Waals surface area contributed by atoms with Crippen molar-refractivity contribution in [2.45, 2.75) is 6.42 Å². The van der Waals surface area contributed by atoms with Gasteiger partial charge in [0.1, 0.15) is 0 Å². The summed E-state index contributed by atoms with van der Waals surface area (Å²) in [6.07, 6.45) is 4.49. The third-order valence-electron chi connectivity index (χ3n) is 4.64. The Balaban J connectivity index is 1.84. The van der Waals surface area contributed by atoms with Crippen molar-refractivity contribution in [3.05, 3.63) is 42.0 Å². The lowest BCUT2D eigenvalue weighted by Gasteiger charge is -2.24. The highest BCUT2D eigenvalue weighted by molar-refractivity contribution is 6.03. The maximum atomic E-state index is 12.6. The van der Waals surface area contributed by atoms with Gasteiger partial charge in [0.15, 0.2) is 0 Å². The number of amides is 1. The van der Waals surface area contributed by atoms with E-state index in [4.69, 9.17) is 4.74 Å². The number of ether oxygens (including phenoxy) is 1. The lowest BCUT2D eigenvalue weighted by atomic mass is 9.82. The lowest BCUT2D eigenvalue weighted by Crippen LogP contribution is -2.36. The molecule has 2 aliphatic rings. The number of para-hydroxylation sites is 1. The van der Waals surface area contributed by atoms with E-state index in [1.54, 1.807) is 24.3 Å². The molecule has 0 saturated heterocycles. The van der Waals surface area contributed by atoms with Crippen molar-refractivity contribution in [1.29, 1.82) is 0 Å². The number of fused-ring (bicyclic) bond motifs is 2. The highest BCUT2D eigenvalue weighted by Gasteiger charge is 2.51. The van der Waals surface area contributed by atoms with Crippen LogP contribution in [0.1, 0.15) is 16.8 Å². The van der Waals surface area contributed by atoms with Crippen molar-refractivity contribution in [3.8, 4) is 0 Å². The van der Waals surface area contributed by atoms with Gasteiger partial charge in [0.25, 0.3) is 0 Å². The Labute approximate surface area is 133 Å². The van der Waals surface area contributed by atoms with E-state index in [0.29, 0.717) is 12.1 Å². The zero-order valence-electron chi connectivity index (χ0n) is 12.6. The first kappa shape index (κ1) is 15.3. The van der Waals surface area contributed by atoms with Crippen molar-refractivity contribution in [2.24, 2.45) is 23.7 Å². The van der Waals surface area contributed by atoms with Crippen LogP contribution in [0.15, 0.2) is 36.4 Å². The molecule has 2 bridgehead atoms. The van der Waals surface area contributed by atoms with Crippen molar-refractivity contribution in [1.82, 2.24) is 0 Å². The van der Waals surface area contributed by atoms with Crippen molar-refractivity contribution < 1.29 is 24.2 Å². The first-order valence-electron chi connectivity index (χ1n) is 7.42. The zero-order valence-corrected chi connectivity index (χ0v) is 12.6. The molecule has 0 aromatic heterocycles. The monoisotopic (exact) mass is 315 g/mol. The van der Waals surface area contributed by atoms with E-state index < -0.39 is 23.8 Å². The normalized spacial score (nSPS) is 27.7. The van der Waals surface area contributed by atoms with Gasteiger partial charge < -0.3 is 15.2 Å². The lowest BCUT2D eigenvalue weighted by molar-refractivity contribution is -0.146. The Morgan fingerprint density at radius 3 is 2.43 bits per heavy atom. The minimum absolute atomic E-state index is 0.0635. The number of anilines is 1. The van der Waals surface area contributed by atoms with E-state index in [0.717, 1.165) is 0 Å². The quantitative estimate of drug-likeness (QED) is 0.654. The van der Waals surface area contributed by atoms with Gasteiger partial charge in [0.05, 0.1) is 30.2 Å². The molecular formula is C17H17NO5. The second-order valence-corrected chi connectivity index (χ2v) is 5.86. The maximum Gasteiger partial charge on any atom is 0.339 e. The van der Waals surface area contributed by atoms with Crippen LogP contribution in [0.5, 0.6) is 0 Å². The van der Waals surface area contributed by atoms with E-state index in [-0.39, 0.29) is 23.3 Å². The van der Waals surface area contributed by atoms with Gasteiger partial charge in [-0.3, -0.25) is 9.59 Å². The van der Waals surface area contributed by atoms with E-state index in [2.05, 4.69) is 5.32 Å². The van der Waals surface area contributed by atoms with Crippen LogP contribution in [0.3, 0.4) is 0 Å². The Hall–Kier alpha value is -2.63. The molecule has 6 nitrogen and oxygen atoms in total. The summed E-state index contributed by atoms with van der Waals surface area (Å²) >= 11 is 0. The van der Waals surface area contributed by atoms with Crippen LogP contribution in [0.25, 0.3) is 0 Å². The summed E-state index contributed by atoms with van der Waals surface area (Å²) < 4.78 is 4.70. The average molecular weight is 315 g/mol. The predicted molar refractivity (Wildman–Crippen MR) is 81.8 cm³/mol. The Morgan fingerprint density at radius 1 is 1.13 bits per heavy atom. The second-order valence-electron chi connectivity index (χ2n) is 5.86. The fraction of sp³-hybridized carbons (Fsp3) is 0.353. The minimum Gasteiger partial charge on any atom is -0.481 e. The molecule has 120 valence electrons. The van der Waals surface area contributed by atoms with Gasteiger partial charge in [-0.1, -0.05) is 24.3 Å². The summed E-state index contributed by atoms with van der Waals surface area (Å²) in [7, 11) is 1.27. The summed E-state index contributed by atoms with van der Waals surface area (Å²) in [6, 6.07) is 6.51. The van der Waals surface area contributed by atoms with Gasteiger partial charge in [-0.05, 0) is 30.4 Å². The van der Waals surface area contributed by atoms with Gasteiger partial charge >= 0.3 is 11.9 Å². The largest absolute Gasteiger partial charge is 0.481 e. The molecule has 1 aromatic rings. The molecule has 0 spiro atoms. The Bertz CT molecular complexity index is 696. The molecule has 1 amide bonds. The molecule has 2 unspecified atom stereocenters. The molecule has 6 heteroatoms. The summed E-state index contributed by atoms with van der Waals surface area (Å²) in [5, 5.41) is 12.1. The number of nitrogens with one attached hydrogen (secondary N) is 1. The zero-order chi connectivity index (χ0) is 16.6. The molecule has 4 atom stereocenters. The Morgan fingerprint density at radius 2 is 1.78 bits per heavy atom. The van der Waals surface area contributed by atoms with Crippen LogP contribution in [-0.4, -0.2) is 30.1 Å². The van der Waals surface area contributed by atoms with Crippen LogP contribution < -0.4 is 5.32 Å². The van der Waals surface area contributed by atoms with Gasteiger partial charge in [-0.25, -0.2) is 4.79 Å². The number of carboxylic acid groups (broad SMARTS) is 1. The standard InChI is InChI=1S/C17H17NO5/c1-23-17(22)11-4-2-3-5-12(11)18-15(19)13-9-6-7-10(8-9)14(13)16(20)21/h2-7,9-10,13-14H,8H2,1H3,(H,18,19)(H,20,21)/t9?,10?,13-,14+/m1/s1. The Kier molecular flexibility index (Phi) is 3.90. The molecule has 1 aromatic carbocycles. The molecule has 0 heterocycles. The van der Waals surface area contributed by atoms with E-state index in [9.17, 15) is 19.5 Å². The molecule has 1 fully saturated rings. The van der Waals surface area contributed by atoms with Crippen molar-refractivity contribution in [2.75, 3.05) is 12.4 Å². The molecular weight excluding hydrogens is 298 g/mol. The SMILES string of the molecule is COC(=O)c1ccccc1NC(=O)[C@@H]1C2C=CC(C2)[C@@H]1C(=O)O. The van der Waals surface area contributed by atoms with Crippen LogP contribution in [0, 0.1) is 23.7 Å². The molecule has 3 rings (SSSR count). The number of hydrogen-bond donors (Lipinski definition) is 2. The second kappa shape index (κ2) is 5.87. The van der Waals surface area contributed by atoms with Gasteiger partial charge in [0, 0.05) is 0 Å².